The molecule has 1 saturated heterocycles. The highest BCUT2D eigenvalue weighted by atomic mass is 35.5. The predicted molar refractivity (Wildman–Crippen MR) is 53.1 cm³/mol. The third kappa shape index (κ3) is 2.23. The van der Waals surface area contributed by atoms with E-state index in [1.165, 1.54) is 0 Å². The topological polar surface area (TPSA) is 78.4 Å². The van der Waals surface area contributed by atoms with Crippen molar-refractivity contribution in [3.8, 4) is 0 Å². The van der Waals surface area contributed by atoms with Gasteiger partial charge in [0.15, 0.2) is 0 Å². The van der Waals surface area contributed by atoms with Crippen LogP contribution in [0.5, 0.6) is 0 Å². The van der Waals surface area contributed by atoms with Crippen molar-refractivity contribution in [1.82, 2.24) is 10.6 Å². The zero-order chi connectivity index (χ0) is 11.1. The smallest absolute Gasteiger partial charge is 0.236 e. The van der Waals surface area contributed by atoms with Crippen LogP contribution in [0.2, 0.25) is 0 Å². The molecule has 1 saturated carbocycles. The lowest BCUT2D eigenvalue weighted by Crippen LogP contribution is -2.53. The molecule has 0 bridgehead atoms. The maximum atomic E-state index is 11.7. The molecule has 5 nitrogen and oxygen atoms in total. The summed E-state index contributed by atoms with van der Waals surface area (Å²) in [7, 11) is 0. The molecule has 2 amide bonds. The van der Waals surface area contributed by atoms with E-state index in [0.29, 0.717) is 25.8 Å². The lowest BCUT2D eigenvalue weighted by Gasteiger charge is -2.27. The number of hydrogen-bond acceptors (Lipinski definition) is 3. The molecule has 2 atom stereocenters. The molecule has 2 aliphatic rings. The van der Waals surface area contributed by atoms with Crippen molar-refractivity contribution < 1.29 is 14.7 Å². The third-order valence-corrected chi connectivity index (χ3v) is 3.20. The Morgan fingerprint density at radius 3 is 2.80 bits per heavy atom. The molecular formula is C9H13ClN2O3. The van der Waals surface area contributed by atoms with Gasteiger partial charge in [-0.05, 0) is 19.3 Å². The van der Waals surface area contributed by atoms with Crippen molar-refractivity contribution in [3.05, 3.63) is 0 Å². The van der Waals surface area contributed by atoms with Crippen LogP contribution in [-0.4, -0.2) is 34.6 Å². The fourth-order valence-corrected chi connectivity index (χ4v) is 1.81. The molecule has 6 heteroatoms. The first-order valence-corrected chi connectivity index (χ1v) is 5.36. The molecule has 0 aromatic carbocycles. The van der Waals surface area contributed by atoms with E-state index < -0.39 is 28.8 Å². The van der Waals surface area contributed by atoms with Gasteiger partial charge >= 0.3 is 0 Å². The molecule has 3 N–H and O–H groups in total. The van der Waals surface area contributed by atoms with Crippen LogP contribution in [-0.2, 0) is 9.59 Å². The van der Waals surface area contributed by atoms with Gasteiger partial charge in [-0.3, -0.25) is 9.59 Å². The van der Waals surface area contributed by atoms with Crippen LogP contribution in [0.15, 0.2) is 0 Å². The number of aliphatic hydroxyl groups is 1. The highest BCUT2D eigenvalue weighted by Gasteiger charge is 2.46. The van der Waals surface area contributed by atoms with E-state index in [0.717, 1.165) is 0 Å². The molecule has 1 aliphatic heterocycles. The summed E-state index contributed by atoms with van der Waals surface area (Å²) in [6.45, 7) is 0.412. The van der Waals surface area contributed by atoms with Crippen LogP contribution in [0, 0.1) is 5.92 Å². The number of piperidine rings is 1. The second kappa shape index (κ2) is 3.64. The van der Waals surface area contributed by atoms with Crippen LogP contribution in [0.4, 0.5) is 0 Å². The summed E-state index contributed by atoms with van der Waals surface area (Å²) < 4.78 is 0. The average molecular weight is 233 g/mol. The van der Waals surface area contributed by atoms with Crippen LogP contribution < -0.4 is 10.6 Å². The first kappa shape index (κ1) is 10.7. The lowest BCUT2D eigenvalue weighted by atomic mass is 9.94. The number of nitrogens with one attached hydrogen (secondary N) is 2. The van der Waals surface area contributed by atoms with E-state index in [-0.39, 0.29) is 0 Å². The van der Waals surface area contributed by atoms with Crippen molar-refractivity contribution in [1.29, 1.82) is 0 Å². The highest BCUT2D eigenvalue weighted by molar-refractivity contribution is 6.26. The Kier molecular flexibility index (Phi) is 2.60. The minimum Gasteiger partial charge on any atom is -0.392 e. The molecule has 2 fully saturated rings. The maximum Gasteiger partial charge on any atom is 0.236 e. The minimum atomic E-state index is -1.02. The summed E-state index contributed by atoms with van der Waals surface area (Å²) in [6, 6.07) is 0. The summed E-state index contributed by atoms with van der Waals surface area (Å²) >= 11 is 5.91. The maximum absolute atomic E-state index is 11.7. The minimum absolute atomic E-state index is 0.402. The quantitative estimate of drug-likeness (QED) is 0.336. The summed E-state index contributed by atoms with van der Waals surface area (Å²) in [5.41, 5.74) is 0. The fourth-order valence-electron chi connectivity index (χ4n) is 1.62. The van der Waals surface area contributed by atoms with Crippen molar-refractivity contribution in [2.45, 2.75) is 30.4 Å². The van der Waals surface area contributed by atoms with Gasteiger partial charge in [-0.1, -0.05) is 11.6 Å². The molecule has 15 heavy (non-hydrogen) atoms. The molecule has 2 rings (SSSR count). The van der Waals surface area contributed by atoms with E-state index in [2.05, 4.69) is 10.6 Å². The normalized spacial score (nSPS) is 33.1. The van der Waals surface area contributed by atoms with Gasteiger partial charge in [-0.25, -0.2) is 0 Å². The second-order valence-electron chi connectivity index (χ2n) is 4.08. The van der Waals surface area contributed by atoms with Crippen molar-refractivity contribution in [2.75, 3.05) is 6.54 Å². The van der Waals surface area contributed by atoms with Crippen LogP contribution in [0.3, 0.4) is 0 Å². The van der Waals surface area contributed by atoms with Gasteiger partial charge in [-0.15, -0.1) is 0 Å². The number of aliphatic hydroxyl groups excluding tert-OH is 1. The van der Waals surface area contributed by atoms with E-state index >= 15 is 0 Å². The zero-order valence-corrected chi connectivity index (χ0v) is 8.88. The van der Waals surface area contributed by atoms with Crippen LogP contribution in [0.1, 0.15) is 19.3 Å². The summed E-state index contributed by atoms with van der Waals surface area (Å²) in [5.74, 6) is -1.92. The Labute approximate surface area is 92.2 Å². The van der Waals surface area contributed by atoms with Crippen molar-refractivity contribution in [2.24, 2.45) is 5.92 Å². The van der Waals surface area contributed by atoms with E-state index in [1.54, 1.807) is 0 Å². The second-order valence-corrected chi connectivity index (χ2v) is 4.80. The van der Waals surface area contributed by atoms with Gasteiger partial charge in [-0.2, -0.15) is 0 Å². The molecule has 0 radical (unpaired) electrons. The Bertz CT molecular complexity index is 304. The van der Waals surface area contributed by atoms with Crippen molar-refractivity contribution in [3.63, 3.8) is 0 Å². The van der Waals surface area contributed by atoms with Gasteiger partial charge < -0.3 is 15.7 Å². The summed E-state index contributed by atoms with van der Waals surface area (Å²) in [5, 5.41) is 14.7. The number of hydrogen-bond donors (Lipinski definition) is 3. The van der Waals surface area contributed by atoms with E-state index in [4.69, 9.17) is 11.6 Å². The molecule has 1 aliphatic carbocycles. The SMILES string of the molecule is O=C1NCCC(O)C1C(=O)NC1(Cl)CC1. The number of alkyl halides is 1. The molecule has 84 valence electrons. The first-order chi connectivity index (χ1) is 7.02. The third-order valence-electron chi connectivity index (χ3n) is 2.73. The van der Waals surface area contributed by atoms with Gasteiger partial charge in [0.2, 0.25) is 11.8 Å². The van der Waals surface area contributed by atoms with Gasteiger partial charge in [0.1, 0.15) is 10.9 Å². The molecular weight excluding hydrogens is 220 g/mol. The number of halogens is 1. The van der Waals surface area contributed by atoms with Crippen LogP contribution in [0.25, 0.3) is 0 Å². The Morgan fingerprint density at radius 2 is 2.27 bits per heavy atom. The number of carbonyl (C=O) groups is 2. The first-order valence-electron chi connectivity index (χ1n) is 4.99. The Balaban J connectivity index is 2.00. The average Bonchev–Trinajstić information content (AvgIpc) is 2.82. The largest absolute Gasteiger partial charge is 0.392 e. The van der Waals surface area contributed by atoms with Crippen LogP contribution >= 0.6 is 11.6 Å². The van der Waals surface area contributed by atoms with E-state index in [9.17, 15) is 14.7 Å². The standard InChI is InChI=1S/C9H13ClN2O3/c10-9(2-3-9)12-8(15)6-5(13)1-4-11-7(6)14/h5-6,13H,1-4H2,(H,11,14)(H,12,15). The van der Waals surface area contributed by atoms with Gasteiger partial charge in [0.25, 0.3) is 0 Å². The highest BCUT2D eigenvalue weighted by Crippen LogP contribution is 2.39. The molecule has 0 aromatic rings. The Morgan fingerprint density at radius 1 is 1.60 bits per heavy atom. The summed E-state index contributed by atoms with van der Waals surface area (Å²) in [6.07, 6.45) is 0.923. The van der Waals surface area contributed by atoms with Gasteiger partial charge in [0.05, 0.1) is 6.10 Å². The van der Waals surface area contributed by atoms with E-state index in [1.807, 2.05) is 0 Å². The Hall–Kier alpha value is -0.810. The van der Waals surface area contributed by atoms with Crippen molar-refractivity contribution >= 4 is 23.4 Å². The number of rotatable bonds is 2. The molecule has 0 spiro atoms. The summed E-state index contributed by atoms with van der Waals surface area (Å²) in [4.78, 5) is 22.4. The molecule has 0 aromatic heterocycles. The predicted octanol–water partition coefficient (Wildman–Crippen LogP) is -0.671. The molecule has 1 heterocycles. The molecule has 2 unspecified atom stereocenters. The number of carbonyl (C=O) groups excluding carboxylic acids is 2. The fraction of sp³-hybridized carbons (Fsp3) is 0.778. The zero-order valence-electron chi connectivity index (χ0n) is 8.12. The number of amides is 2. The lowest BCUT2D eigenvalue weighted by molar-refractivity contribution is -0.142. The monoisotopic (exact) mass is 232 g/mol. The van der Waals surface area contributed by atoms with Gasteiger partial charge in [0, 0.05) is 6.54 Å².